The van der Waals surface area contributed by atoms with Gasteiger partial charge in [0.2, 0.25) is 0 Å². The highest BCUT2D eigenvalue weighted by atomic mass is 16.5. The average Bonchev–Trinajstić information content (AvgIpc) is 2.27. The fourth-order valence-corrected chi connectivity index (χ4v) is 1.65. The van der Waals surface area contributed by atoms with Crippen molar-refractivity contribution in [3.8, 4) is 0 Å². The van der Waals surface area contributed by atoms with Gasteiger partial charge in [0.25, 0.3) is 0 Å². The standard InChI is InChI=1S/C12H19N3O3/c1-12(2,3)8(17-4)10-14-6-7(9(13)15-10)11(16)18-5/h6,8H,1-5H3,(H2,13,14,15). The van der Waals surface area contributed by atoms with Gasteiger partial charge in [0, 0.05) is 13.3 Å². The molecule has 6 heteroatoms. The number of aromatic nitrogens is 2. The lowest BCUT2D eigenvalue weighted by Crippen LogP contribution is -2.23. The molecule has 0 aromatic carbocycles. The van der Waals surface area contributed by atoms with E-state index in [2.05, 4.69) is 14.7 Å². The molecule has 2 N–H and O–H groups in total. The van der Waals surface area contributed by atoms with Crippen LogP contribution in [0, 0.1) is 5.41 Å². The SMILES string of the molecule is COC(=O)c1cnc(C(OC)C(C)(C)C)nc1N. The number of methoxy groups -OCH3 is 2. The van der Waals surface area contributed by atoms with Gasteiger partial charge in [0.05, 0.1) is 7.11 Å². The van der Waals surface area contributed by atoms with Crippen LogP contribution >= 0.6 is 0 Å². The molecule has 0 saturated carbocycles. The van der Waals surface area contributed by atoms with E-state index in [1.807, 2.05) is 20.8 Å². The van der Waals surface area contributed by atoms with Crippen LogP contribution in [0.1, 0.15) is 43.1 Å². The van der Waals surface area contributed by atoms with Gasteiger partial charge in [-0.3, -0.25) is 0 Å². The summed E-state index contributed by atoms with van der Waals surface area (Å²) in [6, 6.07) is 0. The number of rotatable bonds is 3. The van der Waals surface area contributed by atoms with Crippen LogP contribution in [0.4, 0.5) is 5.82 Å². The van der Waals surface area contributed by atoms with E-state index >= 15 is 0 Å². The smallest absolute Gasteiger partial charge is 0.343 e. The first-order valence-corrected chi connectivity index (χ1v) is 5.54. The van der Waals surface area contributed by atoms with E-state index in [0.717, 1.165) is 0 Å². The van der Waals surface area contributed by atoms with Crippen LogP contribution in [-0.2, 0) is 9.47 Å². The van der Waals surface area contributed by atoms with Gasteiger partial charge in [0.1, 0.15) is 17.5 Å². The molecule has 1 rings (SSSR count). The lowest BCUT2D eigenvalue weighted by atomic mass is 9.88. The highest BCUT2D eigenvalue weighted by Crippen LogP contribution is 2.33. The number of nitrogen functional groups attached to an aromatic ring is 1. The second kappa shape index (κ2) is 5.30. The predicted octanol–water partition coefficient (Wildman–Crippen LogP) is 1.58. The summed E-state index contributed by atoms with van der Waals surface area (Å²) >= 11 is 0. The molecule has 1 aromatic rings. The molecule has 0 spiro atoms. The number of nitrogens with zero attached hydrogens (tertiary/aromatic N) is 2. The first kappa shape index (κ1) is 14.4. The van der Waals surface area contributed by atoms with Crippen molar-refractivity contribution in [2.75, 3.05) is 20.0 Å². The van der Waals surface area contributed by atoms with E-state index in [1.165, 1.54) is 13.3 Å². The Morgan fingerprint density at radius 2 is 2.00 bits per heavy atom. The minimum atomic E-state index is -0.552. The molecule has 1 unspecified atom stereocenters. The van der Waals surface area contributed by atoms with Crippen molar-refractivity contribution < 1.29 is 14.3 Å². The van der Waals surface area contributed by atoms with E-state index in [0.29, 0.717) is 5.82 Å². The third kappa shape index (κ3) is 2.95. The molecule has 0 bridgehead atoms. The van der Waals surface area contributed by atoms with Gasteiger partial charge in [0.15, 0.2) is 5.82 Å². The van der Waals surface area contributed by atoms with Crippen LogP contribution < -0.4 is 5.73 Å². The summed E-state index contributed by atoms with van der Waals surface area (Å²) in [4.78, 5) is 19.6. The van der Waals surface area contributed by atoms with Crippen molar-refractivity contribution in [2.24, 2.45) is 5.41 Å². The van der Waals surface area contributed by atoms with E-state index < -0.39 is 5.97 Å². The van der Waals surface area contributed by atoms with Gasteiger partial charge in [-0.25, -0.2) is 14.8 Å². The summed E-state index contributed by atoms with van der Waals surface area (Å²) in [6.07, 6.45) is 1.06. The Morgan fingerprint density at radius 3 is 2.39 bits per heavy atom. The summed E-state index contributed by atoms with van der Waals surface area (Å²) in [7, 11) is 2.87. The van der Waals surface area contributed by atoms with E-state index in [9.17, 15) is 4.79 Å². The Labute approximate surface area is 107 Å². The maximum Gasteiger partial charge on any atom is 0.343 e. The second-order valence-electron chi connectivity index (χ2n) is 5.00. The number of esters is 1. The topological polar surface area (TPSA) is 87.3 Å². The number of ether oxygens (including phenoxy) is 2. The molecule has 0 saturated heterocycles. The van der Waals surface area contributed by atoms with Gasteiger partial charge < -0.3 is 15.2 Å². The molecule has 0 aliphatic heterocycles. The van der Waals surface area contributed by atoms with E-state index in [-0.39, 0.29) is 22.9 Å². The molecule has 6 nitrogen and oxygen atoms in total. The maximum atomic E-state index is 11.4. The van der Waals surface area contributed by atoms with Crippen LogP contribution in [0.2, 0.25) is 0 Å². The quantitative estimate of drug-likeness (QED) is 0.823. The third-order valence-electron chi connectivity index (χ3n) is 2.50. The Morgan fingerprint density at radius 1 is 1.39 bits per heavy atom. The molecule has 1 atom stereocenters. The Kier molecular flexibility index (Phi) is 4.24. The molecule has 1 aromatic heterocycles. The second-order valence-corrected chi connectivity index (χ2v) is 5.00. The molecule has 0 fully saturated rings. The van der Waals surface area contributed by atoms with Crippen LogP contribution in [0.25, 0.3) is 0 Å². The molecule has 0 aliphatic rings. The predicted molar refractivity (Wildman–Crippen MR) is 67.0 cm³/mol. The average molecular weight is 253 g/mol. The monoisotopic (exact) mass is 253 g/mol. The van der Waals surface area contributed by atoms with Gasteiger partial charge >= 0.3 is 5.97 Å². The van der Waals surface area contributed by atoms with Crippen molar-refractivity contribution in [3.63, 3.8) is 0 Å². The van der Waals surface area contributed by atoms with Gasteiger partial charge in [-0.15, -0.1) is 0 Å². The minimum Gasteiger partial charge on any atom is -0.465 e. The highest BCUT2D eigenvalue weighted by Gasteiger charge is 2.29. The van der Waals surface area contributed by atoms with E-state index in [1.54, 1.807) is 7.11 Å². The number of anilines is 1. The van der Waals surface area contributed by atoms with Crippen LogP contribution in [0.5, 0.6) is 0 Å². The molecular weight excluding hydrogens is 234 g/mol. The molecule has 100 valence electrons. The van der Waals surface area contributed by atoms with Gasteiger partial charge in [-0.1, -0.05) is 20.8 Å². The van der Waals surface area contributed by atoms with Crippen LogP contribution in [0.15, 0.2) is 6.20 Å². The summed E-state index contributed by atoms with van der Waals surface area (Å²) in [5.41, 5.74) is 5.71. The summed E-state index contributed by atoms with van der Waals surface area (Å²) in [5.74, 6) is -0.00271. The van der Waals surface area contributed by atoms with Gasteiger partial charge in [-0.2, -0.15) is 0 Å². The largest absolute Gasteiger partial charge is 0.465 e. The van der Waals surface area contributed by atoms with Crippen LogP contribution in [-0.4, -0.2) is 30.2 Å². The first-order chi connectivity index (χ1) is 8.31. The minimum absolute atomic E-state index is 0.0955. The number of hydrogen-bond donors (Lipinski definition) is 1. The number of carbonyl (C=O) groups is 1. The third-order valence-corrected chi connectivity index (χ3v) is 2.50. The highest BCUT2D eigenvalue weighted by molar-refractivity contribution is 5.93. The molecular formula is C12H19N3O3. The van der Waals surface area contributed by atoms with E-state index in [4.69, 9.17) is 10.5 Å². The van der Waals surface area contributed by atoms with Crippen molar-refractivity contribution in [1.82, 2.24) is 9.97 Å². The van der Waals surface area contributed by atoms with Crippen molar-refractivity contribution in [2.45, 2.75) is 26.9 Å². The van der Waals surface area contributed by atoms with Crippen molar-refractivity contribution >= 4 is 11.8 Å². The van der Waals surface area contributed by atoms with Crippen molar-refractivity contribution in [3.05, 3.63) is 17.6 Å². The normalized spacial score (nSPS) is 13.2. The zero-order valence-corrected chi connectivity index (χ0v) is 11.4. The number of hydrogen-bond acceptors (Lipinski definition) is 6. The number of nitrogens with two attached hydrogens (primary N) is 1. The fraction of sp³-hybridized carbons (Fsp3) is 0.583. The molecule has 0 amide bonds. The lowest BCUT2D eigenvalue weighted by molar-refractivity contribution is 0.00870. The van der Waals surface area contributed by atoms with Crippen LogP contribution in [0.3, 0.4) is 0 Å². The molecule has 18 heavy (non-hydrogen) atoms. The zero-order chi connectivity index (χ0) is 13.9. The Bertz CT molecular complexity index is 441. The molecule has 0 aliphatic carbocycles. The van der Waals surface area contributed by atoms with Crippen molar-refractivity contribution in [1.29, 1.82) is 0 Å². The fourth-order valence-electron chi connectivity index (χ4n) is 1.65. The Balaban J connectivity index is 3.14. The number of carbonyl (C=O) groups excluding carboxylic acids is 1. The zero-order valence-electron chi connectivity index (χ0n) is 11.4. The summed E-state index contributed by atoms with van der Waals surface area (Å²) in [6.45, 7) is 6.03. The first-order valence-electron chi connectivity index (χ1n) is 5.54. The molecule has 0 radical (unpaired) electrons. The summed E-state index contributed by atoms with van der Waals surface area (Å²) in [5, 5.41) is 0. The lowest BCUT2D eigenvalue weighted by Gasteiger charge is -2.28. The van der Waals surface area contributed by atoms with Gasteiger partial charge in [-0.05, 0) is 5.41 Å². The Hall–Kier alpha value is -1.69. The summed E-state index contributed by atoms with van der Waals surface area (Å²) < 4.78 is 9.97. The molecule has 1 heterocycles. The maximum absolute atomic E-state index is 11.4.